The molecule has 7 nitrogen and oxygen atoms in total. The van der Waals surface area contributed by atoms with Gasteiger partial charge in [-0.25, -0.2) is 4.98 Å². The van der Waals surface area contributed by atoms with E-state index in [1.165, 1.54) is 5.57 Å². The lowest BCUT2D eigenvalue weighted by Gasteiger charge is -2.30. The van der Waals surface area contributed by atoms with Crippen LogP contribution in [0.5, 0.6) is 0 Å². The van der Waals surface area contributed by atoms with Crippen molar-refractivity contribution in [3.8, 4) is 0 Å². The molecule has 4 rings (SSSR count). The molecule has 0 radical (unpaired) electrons. The number of hydrogen-bond donors (Lipinski definition) is 3. The van der Waals surface area contributed by atoms with Crippen LogP contribution in [0.25, 0.3) is 0 Å². The Labute approximate surface area is 166 Å². The predicted octanol–water partition coefficient (Wildman–Crippen LogP) is 2.42. The van der Waals surface area contributed by atoms with Crippen molar-refractivity contribution >= 4 is 17.7 Å². The lowest BCUT2D eigenvalue weighted by atomic mass is 9.81. The molecule has 1 aromatic heterocycles. The third-order valence-electron chi connectivity index (χ3n) is 5.78. The SMILES string of the molecule is CN1CCC(Nc2ncc3c(n2)NC2C=CC(C(C)(C)C)=CC2NC3=O)CC1. The number of aromatic nitrogens is 2. The van der Waals surface area contributed by atoms with Crippen molar-refractivity contribution in [1.82, 2.24) is 20.2 Å². The summed E-state index contributed by atoms with van der Waals surface area (Å²) in [7, 11) is 2.14. The lowest BCUT2D eigenvalue weighted by Crippen LogP contribution is -2.44. The number of carbonyl (C=O) groups excluding carboxylic acids is 1. The maximum atomic E-state index is 12.7. The summed E-state index contributed by atoms with van der Waals surface area (Å²) >= 11 is 0. The van der Waals surface area contributed by atoms with Crippen LogP contribution in [0, 0.1) is 5.41 Å². The van der Waals surface area contributed by atoms with Gasteiger partial charge in [-0.2, -0.15) is 4.98 Å². The molecule has 1 aromatic rings. The number of amides is 1. The summed E-state index contributed by atoms with van der Waals surface area (Å²) in [6.07, 6.45) is 10.2. The fourth-order valence-electron chi connectivity index (χ4n) is 3.90. The minimum atomic E-state index is -0.138. The molecule has 3 heterocycles. The quantitative estimate of drug-likeness (QED) is 0.729. The Kier molecular flexibility index (Phi) is 4.87. The molecule has 3 N–H and O–H groups in total. The Bertz CT molecular complexity index is 817. The van der Waals surface area contributed by atoms with Crippen LogP contribution in [0.2, 0.25) is 0 Å². The topological polar surface area (TPSA) is 82.2 Å². The third-order valence-corrected chi connectivity index (χ3v) is 5.78. The number of likely N-dealkylation sites (tertiary alicyclic amines) is 1. The van der Waals surface area contributed by atoms with Crippen molar-refractivity contribution in [2.24, 2.45) is 5.41 Å². The average Bonchev–Trinajstić information content (AvgIpc) is 2.77. The summed E-state index contributed by atoms with van der Waals surface area (Å²) in [6.45, 7) is 8.67. The van der Waals surface area contributed by atoms with Gasteiger partial charge in [-0.3, -0.25) is 4.79 Å². The van der Waals surface area contributed by atoms with Gasteiger partial charge in [0.05, 0.1) is 12.1 Å². The van der Waals surface area contributed by atoms with E-state index in [1.807, 2.05) is 0 Å². The Hall–Kier alpha value is -2.41. The second kappa shape index (κ2) is 7.20. The highest BCUT2D eigenvalue weighted by atomic mass is 16.1. The van der Waals surface area contributed by atoms with Gasteiger partial charge in [0.25, 0.3) is 5.91 Å². The molecule has 1 saturated heterocycles. The van der Waals surface area contributed by atoms with Gasteiger partial charge in [-0.1, -0.05) is 39.0 Å². The van der Waals surface area contributed by atoms with E-state index in [1.54, 1.807) is 6.20 Å². The number of nitrogens with zero attached hydrogens (tertiary/aromatic N) is 3. The molecule has 0 spiro atoms. The first kappa shape index (κ1) is 18.9. The number of rotatable bonds is 2. The molecule has 2 unspecified atom stereocenters. The van der Waals surface area contributed by atoms with E-state index in [9.17, 15) is 4.79 Å². The summed E-state index contributed by atoms with van der Waals surface area (Å²) in [6, 6.07) is 0.238. The first-order valence-corrected chi connectivity index (χ1v) is 10.1. The second-order valence-corrected chi connectivity index (χ2v) is 9.08. The number of hydrogen-bond acceptors (Lipinski definition) is 6. The first-order chi connectivity index (χ1) is 13.3. The van der Waals surface area contributed by atoms with Crippen molar-refractivity contribution in [2.75, 3.05) is 30.8 Å². The fraction of sp³-hybridized carbons (Fsp3) is 0.571. The summed E-state index contributed by atoms with van der Waals surface area (Å²) < 4.78 is 0. The summed E-state index contributed by atoms with van der Waals surface area (Å²) in [5.41, 5.74) is 1.75. The van der Waals surface area contributed by atoms with Gasteiger partial charge < -0.3 is 20.9 Å². The molecule has 1 fully saturated rings. The third kappa shape index (κ3) is 3.90. The number of carbonyl (C=O) groups is 1. The minimum absolute atomic E-state index is 0.0256. The Morgan fingerprint density at radius 3 is 2.64 bits per heavy atom. The highest BCUT2D eigenvalue weighted by Crippen LogP contribution is 2.31. The zero-order valence-corrected chi connectivity index (χ0v) is 17.1. The van der Waals surface area contributed by atoms with Crippen LogP contribution in [0.15, 0.2) is 30.0 Å². The van der Waals surface area contributed by atoms with Crippen LogP contribution in [0.3, 0.4) is 0 Å². The Morgan fingerprint density at radius 2 is 1.93 bits per heavy atom. The summed E-state index contributed by atoms with van der Waals surface area (Å²) in [4.78, 5) is 24.1. The van der Waals surface area contributed by atoms with Crippen molar-refractivity contribution in [2.45, 2.75) is 51.7 Å². The van der Waals surface area contributed by atoms with Crippen LogP contribution in [0.4, 0.5) is 11.8 Å². The van der Waals surface area contributed by atoms with E-state index in [2.05, 4.69) is 76.9 Å². The van der Waals surface area contributed by atoms with E-state index in [0.29, 0.717) is 23.4 Å². The maximum absolute atomic E-state index is 12.7. The molecule has 7 heteroatoms. The van der Waals surface area contributed by atoms with E-state index in [0.717, 1.165) is 25.9 Å². The van der Waals surface area contributed by atoms with Crippen LogP contribution in [-0.2, 0) is 0 Å². The van der Waals surface area contributed by atoms with Crippen LogP contribution in [-0.4, -0.2) is 59.0 Å². The van der Waals surface area contributed by atoms with Crippen molar-refractivity contribution in [3.05, 3.63) is 35.6 Å². The number of anilines is 2. The molecule has 2 atom stereocenters. The average molecular weight is 383 g/mol. The maximum Gasteiger partial charge on any atom is 0.257 e. The zero-order chi connectivity index (χ0) is 19.9. The van der Waals surface area contributed by atoms with E-state index in [-0.39, 0.29) is 23.4 Å². The molecule has 3 aliphatic rings. The first-order valence-electron chi connectivity index (χ1n) is 10.1. The van der Waals surface area contributed by atoms with Gasteiger partial charge in [0.2, 0.25) is 5.95 Å². The van der Waals surface area contributed by atoms with Gasteiger partial charge in [0.15, 0.2) is 0 Å². The molecule has 150 valence electrons. The molecule has 0 aromatic carbocycles. The number of piperidine rings is 1. The van der Waals surface area contributed by atoms with Gasteiger partial charge in [0.1, 0.15) is 11.4 Å². The molecular formula is C21H30N6O. The minimum Gasteiger partial charge on any atom is -0.361 e. The largest absolute Gasteiger partial charge is 0.361 e. The summed E-state index contributed by atoms with van der Waals surface area (Å²) in [5, 5.41) is 9.98. The van der Waals surface area contributed by atoms with Crippen LogP contribution < -0.4 is 16.0 Å². The highest BCUT2D eigenvalue weighted by Gasteiger charge is 2.32. The van der Waals surface area contributed by atoms with Crippen molar-refractivity contribution in [3.63, 3.8) is 0 Å². The monoisotopic (exact) mass is 382 g/mol. The lowest BCUT2D eigenvalue weighted by molar-refractivity contribution is 0.0946. The molecule has 1 aliphatic carbocycles. The Morgan fingerprint density at radius 1 is 1.18 bits per heavy atom. The number of allylic oxidation sites excluding steroid dienone is 2. The second-order valence-electron chi connectivity index (χ2n) is 9.08. The van der Waals surface area contributed by atoms with Gasteiger partial charge in [-0.05, 0) is 44.0 Å². The smallest absolute Gasteiger partial charge is 0.257 e. The molecule has 28 heavy (non-hydrogen) atoms. The molecule has 1 amide bonds. The summed E-state index contributed by atoms with van der Waals surface area (Å²) in [5.74, 6) is 1.03. The predicted molar refractivity (Wildman–Crippen MR) is 112 cm³/mol. The van der Waals surface area contributed by atoms with E-state index >= 15 is 0 Å². The molecule has 2 aliphatic heterocycles. The zero-order valence-electron chi connectivity index (χ0n) is 17.1. The van der Waals surface area contributed by atoms with E-state index < -0.39 is 0 Å². The normalized spacial score (nSPS) is 25.7. The Balaban J connectivity index is 1.54. The number of fused-ring (bicyclic) bond motifs is 2. The highest BCUT2D eigenvalue weighted by molar-refractivity contribution is 5.99. The van der Waals surface area contributed by atoms with Gasteiger partial charge in [-0.15, -0.1) is 0 Å². The molecule has 0 bridgehead atoms. The van der Waals surface area contributed by atoms with Gasteiger partial charge >= 0.3 is 0 Å². The standard InChI is InChI=1S/C21H30N6O/c1-21(2,3)13-5-6-16-17(11-13)25-19(28)15-12-22-20(26-18(15)24-16)23-14-7-9-27(4)10-8-14/h5-6,11-12,14,16-17H,7-10H2,1-4H3,(H,25,28)(H2,22,23,24,26). The van der Waals surface area contributed by atoms with Crippen molar-refractivity contribution in [1.29, 1.82) is 0 Å². The molecule has 0 saturated carbocycles. The van der Waals surface area contributed by atoms with Crippen LogP contribution in [0.1, 0.15) is 44.0 Å². The van der Waals surface area contributed by atoms with Crippen molar-refractivity contribution < 1.29 is 4.79 Å². The fourth-order valence-corrected chi connectivity index (χ4v) is 3.90. The van der Waals surface area contributed by atoms with Crippen LogP contribution >= 0.6 is 0 Å². The number of nitrogens with one attached hydrogen (secondary N) is 3. The van der Waals surface area contributed by atoms with Gasteiger partial charge in [0, 0.05) is 12.2 Å². The van der Waals surface area contributed by atoms with E-state index in [4.69, 9.17) is 0 Å². The molecular weight excluding hydrogens is 352 g/mol.